The molecule has 0 atom stereocenters. The number of halogens is 1. The lowest BCUT2D eigenvalue weighted by molar-refractivity contribution is -0.142. The first kappa shape index (κ1) is 16.1. The van der Waals surface area contributed by atoms with Crippen LogP contribution in [0, 0.1) is 0 Å². The molecule has 6 nitrogen and oxygen atoms in total. The number of nitrogens with zero attached hydrogens (tertiary/aromatic N) is 3. The summed E-state index contributed by atoms with van der Waals surface area (Å²) in [7, 11) is 1.38. The molecule has 2 rings (SSSR count). The minimum Gasteiger partial charge on any atom is -0.468 e. The number of aromatic nitrogens is 2. The van der Waals surface area contributed by atoms with Gasteiger partial charge in [-0.2, -0.15) is 0 Å². The molecule has 0 N–H and O–H groups in total. The highest BCUT2D eigenvalue weighted by Gasteiger charge is 2.19. The molecule has 0 aromatic carbocycles. The van der Waals surface area contributed by atoms with Crippen molar-refractivity contribution in [1.29, 1.82) is 0 Å². The van der Waals surface area contributed by atoms with E-state index in [1.165, 1.54) is 18.4 Å². The summed E-state index contributed by atoms with van der Waals surface area (Å²) in [6.07, 6.45) is 0. The van der Waals surface area contributed by atoms with Gasteiger partial charge in [-0.25, -0.2) is 0 Å². The number of hydrogen-bond acceptors (Lipinski definition) is 7. The fourth-order valence-electron chi connectivity index (χ4n) is 1.67. The first-order valence-corrected chi connectivity index (χ1v) is 7.99. The number of thiophene rings is 1. The highest BCUT2D eigenvalue weighted by Crippen LogP contribution is 2.30. The zero-order chi connectivity index (χ0) is 15.4. The number of carbonyl (C=O) groups excluding carboxylic acids is 1. The fourth-order valence-corrected chi connectivity index (χ4v) is 2.98. The van der Waals surface area contributed by atoms with E-state index in [2.05, 4.69) is 26.1 Å². The van der Waals surface area contributed by atoms with E-state index in [-0.39, 0.29) is 18.6 Å². The van der Waals surface area contributed by atoms with Gasteiger partial charge in [-0.1, -0.05) is 0 Å². The van der Waals surface area contributed by atoms with Crippen LogP contribution in [0.4, 0.5) is 0 Å². The third-order valence-corrected chi connectivity index (χ3v) is 4.49. The highest BCUT2D eigenvalue weighted by molar-refractivity contribution is 9.11. The molecule has 21 heavy (non-hydrogen) atoms. The lowest BCUT2D eigenvalue weighted by Crippen LogP contribution is -2.35. The van der Waals surface area contributed by atoms with Gasteiger partial charge in [0.1, 0.15) is 0 Å². The van der Waals surface area contributed by atoms with Gasteiger partial charge in [0.25, 0.3) is 5.89 Å². The van der Waals surface area contributed by atoms with Crippen LogP contribution in [0.5, 0.6) is 0 Å². The smallest absolute Gasteiger partial charge is 0.319 e. The molecule has 0 saturated carbocycles. The summed E-state index contributed by atoms with van der Waals surface area (Å²) in [5, 5.41) is 8.08. The molecule has 114 valence electrons. The summed E-state index contributed by atoms with van der Waals surface area (Å²) in [5.41, 5.74) is 0. The SMILES string of the molecule is COC(=O)CN(Cc1nnc(-c2ccc(Br)s2)o1)C(C)C. The number of methoxy groups -OCH3 is 1. The summed E-state index contributed by atoms with van der Waals surface area (Å²) in [4.78, 5) is 14.2. The molecule has 0 aliphatic heterocycles. The predicted octanol–water partition coefficient (Wildman–Crippen LogP) is 2.94. The Morgan fingerprint density at radius 1 is 1.48 bits per heavy atom. The van der Waals surface area contributed by atoms with E-state index in [0.29, 0.717) is 18.3 Å². The molecule has 0 radical (unpaired) electrons. The number of carbonyl (C=O) groups is 1. The average molecular weight is 374 g/mol. The number of hydrogen-bond donors (Lipinski definition) is 0. The average Bonchev–Trinajstić information content (AvgIpc) is 3.06. The number of esters is 1. The second kappa shape index (κ2) is 7.15. The lowest BCUT2D eigenvalue weighted by Gasteiger charge is -2.23. The fraction of sp³-hybridized carbons (Fsp3) is 0.462. The zero-order valence-corrected chi connectivity index (χ0v) is 14.4. The van der Waals surface area contributed by atoms with E-state index in [1.807, 2.05) is 30.9 Å². The summed E-state index contributed by atoms with van der Waals surface area (Å²) in [5.74, 6) is 0.681. The minimum absolute atomic E-state index is 0.162. The largest absolute Gasteiger partial charge is 0.468 e. The first-order valence-electron chi connectivity index (χ1n) is 6.38. The van der Waals surface area contributed by atoms with Crippen LogP contribution in [-0.4, -0.2) is 40.8 Å². The van der Waals surface area contributed by atoms with Crippen molar-refractivity contribution < 1.29 is 13.9 Å². The Bertz CT molecular complexity index is 611. The van der Waals surface area contributed by atoms with Gasteiger partial charge in [0.2, 0.25) is 5.89 Å². The van der Waals surface area contributed by atoms with Gasteiger partial charge in [0, 0.05) is 6.04 Å². The molecule has 0 aliphatic rings. The highest BCUT2D eigenvalue weighted by atomic mass is 79.9. The van der Waals surface area contributed by atoms with Gasteiger partial charge in [-0.3, -0.25) is 9.69 Å². The summed E-state index contributed by atoms with van der Waals surface area (Å²) in [6, 6.07) is 4.01. The maximum atomic E-state index is 11.4. The predicted molar refractivity (Wildman–Crippen MR) is 82.9 cm³/mol. The summed E-state index contributed by atoms with van der Waals surface area (Å²) in [6.45, 7) is 4.59. The molecule has 0 spiro atoms. The molecular weight excluding hydrogens is 358 g/mol. The third kappa shape index (κ3) is 4.36. The van der Waals surface area contributed by atoms with Crippen molar-refractivity contribution in [2.24, 2.45) is 0 Å². The van der Waals surface area contributed by atoms with E-state index in [0.717, 1.165) is 8.66 Å². The van der Waals surface area contributed by atoms with Crippen molar-refractivity contribution in [3.8, 4) is 10.8 Å². The number of rotatable bonds is 6. The molecule has 0 aliphatic carbocycles. The van der Waals surface area contributed by atoms with Crippen molar-refractivity contribution in [3.63, 3.8) is 0 Å². The second-order valence-corrected chi connectivity index (χ2v) is 7.14. The molecule has 0 saturated heterocycles. The first-order chi connectivity index (χ1) is 9.99. The summed E-state index contributed by atoms with van der Waals surface area (Å²) >= 11 is 4.93. The molecule has 2 aromatic heterocycles. The van der Waals surface area contributed by atoms with E-state index < -0.39 is 0 Å². The van der Waals surface area contributed by atoms with Gasteiger partial charge >= 0.3 is 5.97 Å². The Kier molecular flexibility index (Phi) is 5.49. The van der Waals surface area contributed by atoms with Gasteiger partial charge in [-0.15, -0.1) is 21.5 Å². The van der Waals surface area contributed by atoms with Crippen LogP contribution >= 0.6 is 27.3 Å². The molecule has 2 heterocycles. The van der Waals surface area contributed by atoms with Gasteiger partial charge in [-0.05, 0) is 41.9 Å². The Morgan fingerprint density at radius 2 is 2.24 bits per heavy atom. The van der Waals surface area contributed by atoms with Gasteiger partial charge in [0.15, 0.2) is 0 Å². The van der Waals surface area contributed by atoms with Crippen LogP contribution < -0.4 is 0 Å². The Morgan fingerprint density at radius 3 is 2.81 bits per heavy atom. The molecular formula is C13H16BrN3O3S. The maximum absolute atomic E-state index is 11.4. The molecule has 0 bridgehead atoms. The second-order valence-electron chi connectivity index (χ2n) is 4.68. The van der Waals surface area contributed by atoms with Crippen molar-refractivity contribution in [2.45, 2.75) is 26.4 Å². The van der Waals surface area contributed by atoms with Crippen LogP contribution in [-0.2, 0) is 16.1 Å². The minimum atomic E-state index is -0.286. The standard InChI is InChI=1S/C13H16BrN3O3S/c1-8(2)17(7-12(18)19-3)6-11-15-16-13(20-11)9-4-5-10(14)21-9/h4-5,8H,6-7H2,1-3H3. The van der Waals surface area contributed by atoms with Crippen LogP contribution in [0.3, 0.4) is 0 Å². The topological polar surface area (TPSA) is 68.5 Å². The van der Waals surface area contributed by atoms with Crippen LogP contribution in [0.15, 0.2) is 20.3 Å². The van der Waals surface area contributed by atoms with Crippen molar-refractivity contribution in [2.75, 3.05) is 13.7 Å². The Balaban J connectivity index is 2.07. The Hall–Kier alpha value is -1.25. The van der Waals surface area contributed by atoms with E-state index >= 15 is 0 Å². The molecule has 2 aromatic rings. The van der Waals surface area contributed by atoms with Crippen LogP contribution in [0.2, 0.25) is 0 Å². The molecule has 8 heteroatoms. The van der Waals surface area contributed by atoms with Crippen LogP contribution in [0.1, 0.15) is 19.7 Å². The van der Waals surface area contributed by atoms with E-state index in [1.54, 1.807) is 0 Å². The molecule has 0 fully saturated rings. The Labute approximate surface area is 135 Å². The molecule has 0 amide bonds. The van der Waals surface area contributed by atoms with Crippen molar-refractivity contribution >= 4 is 33.2 Å². The van der Waals surface area contributed by atoms with E-state index in [4.69, 9.17) is 9.15 Å². The summed E-state index contributed by atoms with van der Waals surface area (Å²) < 4.78 is 11.4. The third-order valence-electron chi connectivity index (χ3n) is 2.88. The van der Waals surface area contributed by atoms with Gasteiger partial charge < -0.3 is 9.15 Å². The van der Waals surface area contributed by atoms with Crippen molar-refractivity contribution in [3.05, 3.63) is 21.8 Å². The monoisotopic (exact) mass is 373 g/mol. The quantitative estimate of drug-likeness (QED) is 0.725. The van der Waals surface area contributed by atoms with E-state index in [9.17, 15) is 4.79 Å². The van der Waals surface area contributed by atoms with Crippen LogP contribution in [0.25, 0.3) is 10.8 Å². The molecule has 0 unspecified atom stereocenters. The normalized spacial score (nSPS) is 11.3. The van der Waals surface area contributed by atoms with Gasteiger partial charge in [0.05, 0.1) is 28.9 Å². The van der Waals surface area contributed by atoms with Crippen molar-refractivity contribution in [1.82, 2.24) is 15.1 Å². The lowest BCUT2D eigenvalue weighted by atomic mass is 10.3. The number of ether oxygens (including phenoxy) is 1. The maximum Gasteiger partial charge on any atom is 0.319 e. The zero-order valence-electron chi connectivity index (χ0n) is 12.0.